The predicted molar refractivity (Wildman–Crippen MR) is 78.2 cm³/mol. The highest BCUT2D eigenvalue weighted by atomic mass is 35.5. The van der Waals surface area contributed by atoms with E-state index in [0.717, 1.165) is 18.5 Å². The Morgan fingerprint density at radius 2 is 1.89 bits per heavy atom. The number of hydrogen-bond donors (Lipinski definition) is 1. The van der Waals surface area contributed by atoms with Crippen molar-refractivity contribution in [1.82, 2.24) is 5.32 Å². The molecule has 2 aromatic rings. The first kappa shape index (κ1) is 14.0. The number of hydrogen-bond acceptors (Lipinski definition) is 1. The first-order valence-corrected chi connectivity index (χ1v) is 6.72. The molecular weight excluding hydrogens is 261 g/mol. The van der Waals surface area contributed by atoms with Gasteiger partial charge in [0.25, 0.3) is 0 Å². The maximum atomic E-state index is 13.5. The zero-order chi connectivity index (χ0) is 13.7. The summed E-state index contributed by atoms with van der Waals surface area (Å²) in [6, 6.07) is 15.3. The molecule has 0 aliphatic rings. The Kier molecular flexibility index (Phi) is 4.94. The number of likely N-dealkylation sites (N-methyl/N-ethyl adjacent to an activating group) is 1. The standard InChI is InChI=1S/C16H17ClFN/c1-19-11-14(13-5-3-2-4-6-13)9-12-7-8-15(17)16(18)10-12/h2-8,10,14,19H,9,11H2,1H3. The third-order valence-corrected chi connectivity index (χ3v) is 3.49. The van der Waals surface area contributed by atoms with Crippen LogP contribution in [0.1, 0.15) is 17.0 Å². The van der Waals surface area contributed by atoms with E-state index in [1.54, 1.807) is 6.07 Å². The van der Waals surface area contributed by atoms with E-state index in [1.807, 2.05) is 31.3 Å². The SMILES string of the molecule is CNCC(Cc1ccc(Cl)c(F)c1)c1ccccc1. The molecule has 0 fully saturated rings. The van der Waals surface area contributed by atoms with Crippen molar-refractivity contribution in [3.8, 4) is 0 Å². The molecular formula is C16H17ClFN. The van der Waals surface area contributed by atoms with Crippen LogP contribution in [-0.4, -0.2) is 13.6 Å². The number of nitrogens with one attached hydrogen (secondary N) is 1. The molecule has 1 nitrogen and oxygen atoms in total. The lowest BCUT2D eigenvalue weighted by Gasteiger charge is -2.17. The lowest BCUT2D eigenvalue weighted by atomic mass is 9.92. The average Bonchev–Trinajstić information content (AvgIpc) is 2.43. The summed E-state index contributed by atoms with van der Waals surface area (Å²) >= 11 is 5.71. The second-order valence-electron chi connectivity index (χ2n) is 4.62. The average molecular weight is 278 g/mol. The molecule has 0 saturated heterocycles. The van der Waals surface area contributed by atoms with Gasteiger partial charge in [-0.05, 0) is 36.7 Å². The molecule has 0 spiro atoms. The van der Waals surface area contributed by atoms with E-state index < -0.39 is 0 Å². The molecule has 0 heterocycles. The Bertz CT molecular complexity index is 528. The molecule has 0 aromatic heterocycles. The molecule has 0 radical (unpaired) electrons. The van der Waals surface area contributed by atoms with Gasteiger partial charge in [-0.3, -0.25) is 0 Å². The van der Waals surface area contributed by atoms with Gasteiger partial charge in [0.05, 0.1) is 5.02 Å². The van der Waals surface area contributed by atoms with Crippen molar-refractivity contribution in [3.05, 3.63) is 70.5 Å². The quantitative estimate of drug-likeness (QED) is 0.870. The van der Waals surface area contributed by atoms with Gasteiger partial charge in [-0.2, -0.15) is 0 Å². The zero-order valence-electron chi connectivity index (χ0n) is 10.9. The molecule has 2 aromatic carbocycles. The summed E-state index contributed by atoms with van der Waals surface area (Å²) in [5.41, 5.74) is 2.22. The Labute approximate surface area is 118 Å². The van der Waals surface area contributed by atoms with Crippen LogP contribution in [0, 0.1) is 5.82 Å². The van der Waals surface area contributed by atoms with Gasteiger partial charge in [0.1, 0.15) is 5.82 Å². The molecule has 3 heteroatoms. The summed E-state index contributed by atoms with van der Waals surface area (Å²) in [6.45, 7) is 0.855. The van der Waals surface area contributed by atoms with Crippen LogP contribution in [0.15, 0.2) is 48.5 Å². The number of benzene rings is 2. The minimum absolute atomic E-state index is 0.175. The monoisotopic (exact) mass is 277 g/mol. The topological polar surface area (TPSA) is 12.0 Å². The van der Waals surface area contributed by atoms with Crippen LogP contribution < -0.4 is 5.32 Å². The summed E-state index contributed by atoms with van der Waals surface area (Å²) in [4.78, 5) is 0. The third kappa shape index (κ3) is 3.79. The smallest absolute Gasteiger partial charge is 0.142 e. The lowest BCUT2D eigenvalue weighted by molar-refractivity contribution is 0.608. The maximum absolute atomic E-state index is 13.5. The molecule has 1 atom stereocenters. The van der Waals surface area contributed by atoms with Crippen molar-refractivity contribution >= 4 is 11.6 Å². The third-order valence-electron chi connectivity index (χ3n) is 3.19. The van der Waals surface area contributed by atoms with Gasteiger partial charge >= 0.3 is 0 Å². The van der Waals surface area contributed by atoms with Crippen molar-refractivity contribution < 1.29 is 4.39 Å². The second kappa shape index (κ2) is 6.69. The summed E-state index contributed by atoms with van der Waals surface area (Å²) < 4.78 is 13.5. The van der Waals surface area contributed by atoms with Crippen molar-refractivity contribution in [3.63, 3.8) is 0 Å². The highest BCUT2D eigenvalue weighted by molar-refractivity contribution is 6.30. The van der Waals surface area contributed by atoms with Gasteiger partial charge in [0, 0.05) is 12.5 Å². The summed E-state index contributed by atoms with van der Waals surface area (Å²) in [6.07, 6.45) is 0.791. The van der Waals surface area contributed by atoms with E-state index in [2.05, 4.69) is 17.4 Å². The molecule has 1 N–H and O–H groups in total. The van der Waals surface area contributed by atoms with Crippen LogP contribution in [0.4, 0.5) is 4.39 Å². The molecule has 0 amide bonds. The normalized spacial score (nSPS) is 12.4. The fourth-order valence-electron chi connectivity index (χ4n) is 2.23. The minimum Gasteiger partial charge on any atom is -0.319 e. The zero-order valence-corrected chi connectivity index (χ0v) is 11.6. The molecule has 0 bridgehead atoms. The van der Waals surface area contributed by atoms with E-state index in [-0.39, 0.29) is 10.8 Å². The largest absolute Gasteiger partial charge is 0.319 e. The first-order valence-electron chi connectivity index (χ1n) is 6.34. The van der Waals surface area contributed by atoms with Crippen molar-refractivity contribution in [1.29, 1.82) is 0 Å². The summed E-state index contributed by atoms with van der Waals surface area (Å²) in [5, 5.41) is 3.37. The van der Waals surface area contributed by atoms with Crippen LogP contribution in [0.3, 0.4) is 0 Å². The van der Waals surface area contributed by atoms with Gasteiger partial charge in [0.2, 0.25) is 0 Å². The molecule has 0 saturated carbocycles. The Balaban J connectivity index is 2.19. The second-order valence-corrected chi connectivity index (χ2v) is 5.03. The summed E-state index contributed by atoms with van der Waals surface area (Å²) in [5.74, 6) is -0.0257. The van der Waals surface area contributed by atoms with Gasteiger partial charge in [-0.25, -0.2) is 4.39 Å². The van der Waals surface area contributed by atoms with Crippen LogP contribution >= 0.6 is 11.6 Å². The highest BCUT2D eigenvalue weighted by Crippen LogP contribution is 2.23. The van der Waals surface area contributed by atoms with Gasteiger partial charge < -0.3 is 5.32 Å². The Hall–Kier alpha value is -1.38. The fourth-order valence-corrected chi connectivity index (χ4v) is 2.35. The van der Waals surface area contributed by atoms with Crippen LogP contribution in [0.25, 0.3) is 0 Å². The van der Waals surface area contributed by atoms with E-state index in [0.29, 0.717) is 5.92 Å². The molecule has 0 aliphatic heterocycles. The molecule has 1 unspecified atom stereocenters. The van der Waals surface area contributed by atoms with Crippen LogP contribution in [0.2, 0.25) is 5.02 Å². The van der Waals surface area contributed by atoms with Crippen molar-refractivity contribution in [2.75, 3.05) is 13.6 Å². The summed E-state index contributed by atoms with van der Waals surface area (Å²) in [7, 11) is 1.93. The molecule has 2 rings (SSSR count). The van der Waals surface area contributed by atoms with Crippen molar-refractivity contribution in [2.24, 2.45) is 0 Å². The molecule has 0 aliphatic carbocycles. The number of halogens is 2. The fraction of sp³-hybridized carbons (Fsp3) is 0.250. The molecule has 100 valence electrons. The highest BCUT2D eigenvalue weighted by Gasteiger charge is 2.12. The maximum Gasteiger partial charge on any atom is 0.142 e. The van der Waals surface area contributed by atoms with Gasteiger partial charge in [0.15, 0.2) is 0 Å². The van der Waals surface area contributed by atoms with E-state index >= 15 is 0 Å². The van der Waals surface area contributed by atoms with E-state index in [9.17, 15) is 4.39 Å². The predicted octanol–water partition coefficient (Wildman–Crippen LogP) is 4.02. The number of rotatable bonds is 5. The van der Waals surface area contributed by atoms with Gasteiger partial charge in [-0.1, -0.05) is 48.0 Å². The molecule has 19 heavy (non-hydrogen) atoms. The lowest BCUT2D eigenvalue weighted by Crippen LogP contribution is -2.19. The van der Waals surface area contributed by atoms with Crippen LogP contribution in [-0.2, 0) is 6.42 Å². The Morgan fingerprint density at radius 3 is 2.53 bits per heavy atom. The van der Waals surface area contributed by atoms with Gasteiger partial charge in [-0.15, -0.1) is 0 Å². The van der Waals surface area contributed by atoms with Crippen LogP contribution in [0.5, 0.6) is 0 Å². The Morgan fingerprint density at radius 1 is 1.16 bits per heavy atom. The minimum atomic E-state index is -0.351. The van der Waals surface area contributed by atoms with E-state index in [4.69, 9.17) is 11.6 Å². The van der Waals surface area contributed by atoms with Crippen molar-refractivity contribution in [2.45, 2.75) is 12.3 Å². The first-order chi connectivity index (χ1) is 9.20. The van der Waals surface area contributed by atoms with E-state index in [1.165, 1.54) is 11.6 Å².